The lowest BCUT2D eigenvalue weighted by Crippen LogP contribution is -2.50. The number of carbonyl (C=O) groups is 1. The van der Waals surface area contributed by atoms with Crippen LogP contribution in [-0.4, -0.2) is 36.5 Å². The Hall–Kier alpha value is -0.610. The van der Waals surface area contributed by atoms with Crippen LogP contribution in [0.2, 0.25) is 0 Å². The van der Waals surface area contributed by atoms with Gasteiger partial charge >= 0.3 is 0 Å². The van der Waals surface area contributed by atoms with Crippen molar-refractivity contribution in [2.75, 3.05) is 19.6 Å². The highest BCUT2D eigenvalue weighted by Gasteiger charge is 2.24. The number of amides is 1. The molecule has 1 aliphatic heterocycles. The fourth-order valence-electron chi connectivity index (χ4n) is 1.72. The largest absolute Gasteiger partial charge is 0.341 e. The first-order valence-corrected chi connectivity index (χ1v) is 4.89. The van der Waals surface area contributed by atoms with Crippen LogP contribution in [0.1, 0.15) is 19.8 Å². The van der Waals surface area contributed by atoms with Crippen molar-refractivity contribution >= 4 is 5.91 Å². The molecule has 0 spiro atoms. The number of nitrogens with two attached hydrogens (primary N) is 2. The quantitative estimate of drug-likeness (QED) is 0.611. The van der Waals surface area contributed by atoms with E-state index in [0.717, 1.165) is 19.5 Å². The molecule has 76 valence electrons. The summed E-state index contributed by atoms with van der Waals surface area (Å²) in [6.45, 7) is 4.08. The molecule has 4 N–H and O–H groups in total. The van der Waals surface area contributed by atoms with Crippen molar-refractivity contribution in [1.29, 1.82) is 0 Å². The molecule has 1 aliphatic rings. The minimum Gasteiger partial charge on any atom is -0.341 e. The summed E-state index contributed by atoms with van der Waals surface area (Å²) in [6, 6.07) is -0.509. The smallest absolute Gasteiger partial charge is 0.240 e. The molecule has 0 aromatic heterocycles. The van der Waals surface area contributed by atoms with Crippen LogP contribution in [0.25, 0.3) is 0 Å². The van der Waals surface area contributed by atoms with Crippen LogP contribution < -0.4 is 11.5 Å². The molecular formula is C9H19N3O. The van der Waals surface area contributed by atoms with Crippen LogP contribution >= 0.6 is 0 Å². The van der Waals surface area contributed by atoms with E-state index in [-0.39, 0.29) is 12.5 Å². The van der Waals surface area contributed by atoms with Gasteiger partial charge in [0.05, 0.1) is 6.04 Å². The highest BCUT2D eigenvalue weighted by Crippen LogP contribution is 2.15. The van der Waals surface area contributed by atoms with Gasteiger partial charge in [-0.2, -0.15) is 0 Å². The van der Waals surface area contributed by atoms with Gasteiger partial charge in [-0.15, -0.1) is 0 Å². The lowest BCUT2D eigenvalue weighted by atomic mass is 10.00. The van der Waals surface area contributed by atoms with Gasteiger partial charge in [0.1, 0.15) is 0 Å². The Balaban J connectivity index is 2.46. The summed E-state index contributed by atoms with van der Waals surface area (Å²) in [5.41, 5.74) is 10.9. The van der Waals surface area contributed by atoms with Crippen LogP contribution in [0.5, 0.6) is 0 Å². The van der Waals surface area contributed by atoms with Crippen molar-refractivity contribution in [2.45, 2.75) is 25.8 Å². The maximum atomic E-state index is 11.6. The maximum Gasteiger partial charge on any atom is 0.240 e. The topological polar surface area (TPSA) is 72.3 Å². The molecule has 4 heteroatoms. The SMILES string of the molecule is CC1CCCN(C(=O)C(N)CN)C1. The zero-order valence-electron chi connectivity index (χ0n) is 8.20. The van der Waals surface area contributed by atoms with Gasteiger partial charge in [-0.3, -0.25) is 4.79 Å². The van der Waals surface area contributed by atoms with Crippen LogP contribution in [0.15, 0.2) is 0 Å². The van der Waals surface area contributed by atoms with E-state index in [1.807, 2.05) is 4.90 Å². The van der Waals surface area contributed by atoms with Crippen molar-refractivity contribution in [3.8, 4) is 0 Å². The molecule has 0 radical (unpaired) electrons. The third-order valence-electron chi connectivity index (χ3n) is 2.54. The van der Waals surface area contributed by atoms with Gasteiger partial charge in [-0.1, -0.05) is 6.92 Å². The fraction of sp³-hybridized carbons (Fsp3) is 0.889. The zero-order valence-corrected chi connectivity index (χ0v) is 8.20. The second-order valence-corrected chi connectivity index (χ2v) is 3.87. The van der Waals surface area contributed by atoms with E-state index >= 15 is 0 Å². The van der Waals surface area contributed by atoms with E-state index in [2.05, 4.69) is 6.92 Å². The molecule has 1 amide bonds. The molecule has 2 unspecified atom stereocenters. The average molecular weight is 185 g/mol. The van der Waals surface area contributed by atoms with E-state index in [4.69, 9.17) is 11.5 Å². The molecule has 1 rings (SSSR count). The molecule has 0 saturated carbocycles. The second kappa shape index (κ2) is 4.58. The Morgan fingerprint density at radius 1 is 1.69 bits per heavy atom. The molecular weight excluding hydrogens is 166 g/mol. The van der Waals surface area contributed by atoms with E-state index in [0.29, 0.717) is 5.92 Å². The number of rotatable bonds is 2. The number of piperidine rings is 1. The van der Waals surface area contributed by atoms with Crippen molar-refractivity contribution < 1.29 is 4.79 Å². The van der Waals surface area contributed by atoms with Crippen LogP contribution in [0, 0.1) is 5.92 Å². The number of likely N-dealkylation sites (tertiary alicyclic amines) is 1. The first kappa shape index (κ1) is 10.5. The molecule has 0 aliphatic carbocycles. The molecule has 1 fully saturated rings. The first-order valence-electron chi connectivity index (χ1n) is 4.89. The molecule has 13 heavy (non-hydrogen) atoms. The van der Waals surface area contributed by atoms with Gasteiger partial charge in [0.15, 0.2) is 0 Å². The van der Waals surface area contributed by atoms with Gasteiger partial charge < -0.3 is 16.4 Å². The van der Waals surface area contributed by atoms with E-state index in [9.17, 15) is 4.79 Å². The van der Waals surface area contributed by atoms with Crippen molar-refractivity contribution in [3.63, 3.8) is 0 Å². The lowest BCUT2D eigenvalue weighted by Gasteiger charge is -2.32. The molecule has 4 nitrogen and oxygen atoms in total. The van der Waals surface area contributed by atoms with Gasteiger partial charge in [0, 0.05) is 19.6 Å². The van der Waals surface area contributed by atoms with E-state index in [1.165, 1.54) is 6.42 Å². The predicted octanol–water partition coefficient (Wildman–Crippen LogP) is -0.469. The van der Waals surface area contributed by atoms with Gasteiger partial charge in [-0.25, -0.2) is 0 Å². The average Bonchev–Trinajstić information content (AvgIpc) is 2.15. The molecule has 0 aromatic rings. The molecule has 2 atom stereocenters. The Labute approximate surface area is 79.3 Å². The first-order chi connectivity index (χ1) is 6.15. The Morgan fingerprint density at radius 3 is 2.92 bits per heavy atom. The van der Waals surface area contributed by atoms with E-state index < -0.39 is 6.04 Å². The standard InChI is InChI=1S/C9H19N3O/c1-7-3-2-4-12(6-7)9(13)8(11)5-10/h7-8H,2-6,10-11H2,1H3. The molecule has 1 heterocycles. The summed E-state index contributed by atoms with van der Waals surface area (Å²) in [5.74, 6) is 0.608. The number of hydrogen-bond acceptors (Lipinski definition) is 3. The molecule has 0 aromatic carbocycles. The molecule has 1 saturated heterocycles. The van der Waals surface area contributed by atoms with Crippen molar-refractivity contribution in [3.05, 3.63) is 0 Å². The zero-order chi connectivity index (χ0) is 9.84. The van der Waals surface area contributed by atoms with Crippen molar-refractivity contribution in [1.82, 2.24) is 4.90 Å². The summed E-state index contributed by atoms with van der Waals surface area (Å²) >= 11 is 0. The minimum absolute atomic E-state index is 0.00838. The highest BCUT2D eigenvalue weighted by molar-refractivity contribution is 5.81. The van der Waals surface area contributed by atoms with Crippen LogP contribution in [-0.2, 0) is 4.79 Å². The monoisotopic (exact) mass is 185 g/mol. The normalized spacial score (nSPS) is 25.8. The highest BCUT2D eigenvalue weighted by atomic mass is 16.2. The maximum absolute atomic E-state index is 11.6. The summed E-state index contributed by atoms with van der Waals surface area (Å²) in [5, 5.41) is 0. The third kappa shape index (κ3) is 2.67. The van der Waals surface area contributed by atoms with Gasteiger partial charge in [0.2, 0.25) is 5.91 Å². The number of carbonyl (C=O) groups excluding carboxylic acids is 1. The summed E-state index contributed by atoms with van der Waals surface area (Å²) in [4.78, 5) is 13.4. The summed E-state index contributed by atoms with van der Waals surface area (Å²) in [7, 11) is 0. The van der Waals surface area contributed by atoms with Crippen molar-refractivity contribution in [2.24, 2.45) is 17.4 Å². The lowest BCUT2D eigenvalue weighted by molar-refractivity contribution is -0.134. The summed E-state index contributed by atoms with van der Waals surface area (Å²) < 4.78 is 0. The Bertz CT molecular complexity index is 184. The number of nitrogens with zero attached hydrogens (tertiary/aromatic N) is 1. The number of hydrogen-bond donors (Lipinski definition) is 2. The predicted molar refractivity (Wildman–Crippen MR) is 52.0 cm³/mol. The van der Waals surface area contributed by atoms with Gasteiger partial charge in [-0.05, 0) is 18.8 Å². The summed E-state index contributed by atoms with van der Waals surface area (Å²) in [6.07, 6.45) is 2.30. The third-order valence-corrected chi connectivity index (χ3v) is 2.54. The Kier molecular flexibility index (Phi) is 3.69. The molecule has 0 bridgehead atoms. The van der Waals surface area contributed by atoms with Gasteiger partial charge in [0.25, 0.3) is 0 Å². The second-order valence-electron chi connectivity index (χ2n) is 3.87. The minimum atomic E-state index is -0.509. The van der Waals surface area contributed by atoms with Crippen LogP contribution in [0.3, 0.4) is 0 Å². The van der Waals surface area contributed by atoms with E-state index in [1.54, 1.807) is 0 Å². The Morgan fingerprint density at radius 2 is 2.38 bits per heavy atom. The van der Waals surface area contributed by atoms with Crippen LogP contribution in [0.4, 0.5) is 0 Å². The fourth-order valence-corrected chi connectivity index (χ4v) is 1.72.